The normalized spacial score (nSPS) is 12.5. The molecule has 0 amide bonds. The molecule has 1 aromatic rings. The molecule has 1 atom stereocenters. The molecule has 0 saturated heterocycles. The van der Waals surface area contributed by atoms with Gasteiger partial charge in [0.15, 0.2) is 0 Å². The highest BCUT2D eigenvalue weighted by Gasteiger charge is 2.03. The summed E-state index contributed by atoms with van der Waals surface area (Å²) in [5.74, 6) is 0.686. The first-order chi connectivity index (χ1) is 6.77. The maximum absolute atomic E-state index is 8.55. The topological polar surface area (TPSA) is 54.4 Å². The van der Waals surface area contributed by atoms with Crippen molar-refractivity contribution in [1.29, 1.82) is 0 Å². The summed E-state index contributed by atoms with van der Waals surface area (Å²) in [4.78, 5) is 4.23. The number of ether oxygens (including phenoxy) is 1. The van der Waals surface area contributed by atoms with Crippen molar-refractivity contribution in [3.63, 3.8) is 0 Å². The third-order valence-electron chi connectivity index (χ3n) is 2.00. The zero-order valence-electron chi connectivity index (χ0n) is 8.53. The van der Waals surface area contributed by atoms with Crippen LogP contribution < -0.4 is 10.1 Å². The van der Waals surface area contributed by atoms with E-state index in [-0.39, 0.29) is 12.6 Å². The Morgan fingerprint density at radius 1 is 1.57 bits per heavy atom. The molecular weight excluding hydrogens is 180 g/mol. The van der Waals surface area contributed by atoms with Crippen LogP contribution in [0.2, 0.25) is 0 Å². The fourth-order valence-electron chi connectivity index (χ4n) is 1.04. The molecule has 14 heavy (non-hydrogen) atoms. The smallest absolute Gasteiger partial charge is 0.137 e. The van der Waals surface area contributed by atoms with Gasteiger partial charge in [-0.05, 0) is 26.1 Å². The SMILES string of the molecule is CNC(C)c1ccc(OCCO)cn1. The van der Waals surface area contributed by atoms with Gasteiger partial charge in [0.25, 0.3) is 0 Å². The number of rotatable bonds is 5. The predicted molar refractivity (Wildman–Crippen MR) is 54.3 cm³/mol. The number of nitrogens with zero attached hydrogens (tertiary/aromatic N) is 1. The van der Waals surface area contributed by atoms with Crippen molar-refractivity contribution in [1.82, 2.24) is 10.3 Å². The van der Waals surface area contributed by atoms with Crippen molar-refractivity contribution in [3.8, 4) is 5.75 Å². The summed E-state index contributed by atoms with van der Waals surface area (Å²) in [6, 6.07) is 4.00. The first-order valence-corrected chi connectivity index (χ1v) is 4.64. The molecule has 4 heteroatoms. The van der Waals surface area contributed by atoms with Gasteiger partial charge in [0.2, 0.25) is 0 Å². The minimum atomic E-state index is 0.0225. The van der Waals surface area contributed by atoms with Gasteiger partial charge in [-0.2, -0.15) is 0 Å². The molecular formula is C10H16N2O2. The number of hydrogen-bond acceptors (Lipinski definition) is 4. The van der Waals surface area contributed by atoms with Gasteiger partial charge in [0.05, 0.1) is 18.5 Å². The van der Waals surface area contributed by atoms with Crippen LogP contribution in [0.5, 0.6) is 5.75 Å². The Balaban J connectivity index is 2.59. The number of nitrogens with one attached hydrogen (secondary N) is 1. The first-order valence-electron chi connectivity index (χ1n) is 4.64. The highest BCUT2D eigenvalue weighted by molar-refractivity contribution is 5.21. The number of aliphatic hydroxyl groups excluding tert-OH is 1. The minimum absolute atomic E-state index is 0.0225. The van der Waals surface area contributed by atoms with Crippen molar-refractivity contribution < 1.29 is 9.84 Å². The predicted octanol–water partition coefficient (Wildman–Crippen LogP) is 0.733. The Bertz CT molecular complexity index is 261. The van der Waals surface area contributed by atoms with E-state index in [1.807, 2.05) is 26.1 Å². The zero-order chi connectivity index (χ0) is 10.4. The first kappa shape index (κ1) is 10.9. The molecule has 1 rings (SSSR count). The Labute approximate surface area is 83.9 Å². The summed E-state index contributed by atoms with van der Waals surface area (Å²) in [7, 11) is 1.89. The molecule has 0 aliphatic rings. The lowest BCUT2D eigenvalue weighted by atomic mass is 10.2. The van der Waals surface area contributed by atoms with Crippen molar-refractivity contribution in [2.75, 3.05) is 20.3 Å². The molecule has 0 bridgehead atoms. The van der Waals surface area contributed by atoms with Gasteiger partial charge in [-0.1, -0.05) is 0 Å². The molecule has 2 N–H and O–H groups in total. The second kappa shape index (κ2) is 5.57. The van der Waals surface area contributed by atoms with Gasteiger partial charge in [-0.3, -0.25) is 4.98 Å². The van der Waals surface area contributed by atoms with Crippen LogP contribution in [0.3, 0.4) is 0 Å². The molecule has 1 unspecified atom stereocenters. The quantitative estimate of drug-likeness (QED) is 0.729. The molecule has 0 aliphatic heterocycles. The monoisotopic (exact) mass is 196 g/mol. The van der Waals surface area contributed by atoms with Crippen molar-refractivity contribution in [2.45, 2.75) is 13.0 Å². The Morgan fingerprint density at radius 3 is 2.86 bits per heavy atom. The van der Waals surface area contributed by atoms with Crippen LogP contribution in [0.4, 0.5) is 0 Å². The number of aromatic nitrogens is 1. The van der Waals surface area contributed by atoms with Crippen LogP contribution in [0.25, 0.3) is 0 Å². The molecule has 0 fully saturated rings. The van der Waals surface area contributed by atoms with Crippen LogP contribution >= 0.6 is 0 Å². The standard InChI is InChI=1S/C10H16N2O2/c1-8(11-2)10-4-3-9(7-12-10)14-6-5-13/h3-4,7-8,11,13H,5-6H2,1-2H3. The van der Waals surface area contributed by atoms with Crippen molar-refractivity contribution >= 4 is 0 Å². The van der Waals surface area contributed by atoms with Gasteiger partial charge < -0.3 is 15.2 Å². The summed E-state index contributed by atoms with van der Waals surface area (Å²) in [6.07, 6.45) is 1.67. The second-order valence-electron chi connectivity index (χ2n) is 3.00. The molecule has 1 heterocycles. The van der Waals surface area contributed by atoms with Crippen LogP contribution in [0.1, 0.15) is 18.7 Å². The van der Waals surface area contributed by atoms with E-state index in [0.29, 0.717) is 12.4 Å². The fourth-order valence-corrected chi connectivity index (χ4v) is 1.04. The van der Waals surface area contributed by atoms with Gasteiger partial charge in [0.1, 0.15) is 12.4 Å². The van der Waals surface area contributed by atoms with E-state index < -0.39 is 0 Å². The Kier molecular flexibility index (Phi) is 4.35. The Hall–Kier alpha value is -1.13. The number of pyridine rings is 1. The summed E-state index contributed by atoms with van der Waals surface area (Å²) in [5.41, 5.74) is 0.976. The lowest BCUT2D eigenvalue weighted by Gasteiger charge is -2.10. The van der Waals surface area contributed by atoms with Crippen LogP contribution in [-0.4, -0.2) is 30.4 Å². The third kappa shape index (κ3) is 2.97. The van der Waals surface area contributed by atoms with E-state index in [9.17, 15) is 0 Å². The van der Waals surface area contributed by atoms with Crippen molar-refractivity contribution in [2.24, 2.45) is 0 Å². The largest absolute Gasteiger partial charge is 0.490 e. The molecule has 78 valence electrons. The van der Waals surface area contributed by atoms with E-state index in [1.165, 1.54) is 0 Å². The van der Waals surface area contributed by atoms with Crippen LogP contribution in [0.15, 0.2) is 18.3 Å². The maximum Gasteiger partial charge on any atom is 0.137 e. The van der Waals surface area contributed by atoms with E-state index in [4.69, 9.17) is 9.84 Å². The highest BCUT2D eigenvalue weighted by atomic mass is 16.5. The molecule has 4 nitrogen and oxygen atoms in total. The van der Waals surface area contributed by atoms with Crippen molar-refractivity contribution in [3.05, 3.63) is 24.0 Å². The van der Waals surface area contributed by atoms with Crippen LogP contribution in [0, 0.1) is 0 Å². The maximum atomic E-state index is 8.55. The van der Waals surface area contributed by atoms with E-state index in [1.54, 1.807) is 6.20 Å². The van der Waals surface area contributed by atoms with Gasteiger partial charge in [-0.25, -0.2) is 0 Å². The van der Waals surface area contributed by atoms with E-state index >= 15 is 0 Å². The summed E-state index contributed by atoms with van der Waals surface area (Å²) in [6.45, 7) is 2.37. The molecule has 0 saturated carbocycles. The minimum Gasteiger partial charge on any atom is -0.490 e. The molecule has 0 aliphatic carbocycles. The zero-order valence-corrected chi connectivity index (χ0v) is 8.53. The molecule has 0 radical (unpaired) electrons. The lowest BCUT2D eigenvalue weighted by molar-refractivity contribution is 0.201. The second-order valence-corrected chi connectivity index (χ2v) is 3.00. The van der Waals surface area contributed by atoms with E-state index in [0.717, 1.165) is 5.69 Å². The third-order valence-corrected chi connectivity index (χ3v) is 2.00. The fraction of sp³-hybridized carbons (Fsp3) is 0.500. The van der Waals surface area contributed by atoms with Gasteiger partial charge >= 0.3 is 0 Å². The average molecular weight is 196 g/mol. The molecule has 0 aromatic carbocycles. The Morgan fingerprint density at radius 2 is 2.36 bits per heavy atom. The lowest BCUT2D eigenvalue weighted by Crippen LogP contribution is -2.13. The van der Waals surface area contributed by atoms with Gasteiger partial charge in [-0.15, -0.1) is 0 Å². The number of hydrogen-bond donors (Lipinski definition) is 2. The number of aliphatic hydroxyl groups is 1. The summed E-state index contributed by atoms with van der Waals surface area (Å²) < 4.78 is 5.19. The van der Waals surface area contributed by atoms with Gasteiger partial charge in [0, 0.05) is 6.04 Å². The van der Waals surface area contributed by atoms with Crippen LogP contribution in [-0.2, 0) is 0 Å². The average Bonchev–Trinajstić information content (AvgIpc) is 2.26. The summed E-state index contributed by atoms with van der Waals surface area (Å²) in [5, 5.41) is 11.7. The highest BCUT2D eigenvalue weighted by Crippen LogP contribution is 2.13. The van der Waals surface area contributed by atoms with E-state index in [2.05, 4.69) is 10.3 Å². The molecule has 0 spiro atoms. The summed E-state index contributed by atoms with van der Waals surface area (Å²) >= 11 is 0. The molecule has 1 aromatic heterocycles.